The van der Waals surface area contributed by atoms with Gasteiger partial charge in [-0.3, -0.25) is 0 Å². The molecule has 0 bridgehead atoms. The summed E-state index contributed by atoms with van der Waals surface area (Å²) in [6.07, 6.45) is 1.85. The lowest BCUT2D eigenvalue weighted by Crippen LogP contribution is -1.76. The summed E-state index contributed by atoms with van der Waals surface area (Å²) >= 11 is 0. The Hall–Kier alpha value is -2.48. The van der Waals surface area contributed by atoms with E-state index in [9.17, 15) is 0 Å². The second kappa shape index (κ2) is 3.50. The van der Waals surface area contributed by atoms with Crippen LogP contribution in [-0.4, -0.2) is 10.2 Å². The first-order valence-electron chi connectivity index (χ1n) is 5.95. The smallest absolute Gasteiger partial charge is 0.103 e. The van der Waals surface area contributed by atoms with Crippen LogP contribution in [0.15, 0.2) is 60.8 Å². The van der Waals surface area contributed by atoms with Crippen LogP contribution in [0.5, 0.6) is 0 Å². The molecule has 4 rings (SSSR count). The lowest BCUT2D eigenvalue weighted by atomic mass is 10.1. The van der Waals surface area contributed by atoms with Gasteiger partial charge in [0.1, 0.15) is 5.69 Å². The molecule has 84 valence electrons. The number of rotatable bonds is 0. The van der Waals surface area contributed by atoms with Gasteiger partial charge >= 0.3 is 0 Å². The van der Waals surface area contributed by atoms with Gasteiger partial charge in [-0.25, -0.2) is 0 Å². The third-order valence-electron chi connectivity index (χ3n) is 3.38. The Morgan fingerprint density at radius 2 is 1.39 bits per heavy atom. The van der Waals surface area contributed by atoms with Crippen molar-refractivity contribution in [3.8, 4) is 11.3 Å². The molecule has 1 aliphatic carbocycles. The van der Waals surface area contributed by atoms with Gasteiger partial charge < -0.3 is 0 Å². The average molecular weight is 230 g/mol. The van der Waals surface area contributed by atoms with E-state index in [-0.39, 0.29) is 0 Å². The number of aromatic nitrogens is 2. The topological polar surface area (TPSA) is 25.8 Å². The predicted octanol–water partition coefficient (Wildman–Crippen LogP) is 3.89. The Morgan fingerprint density at radius 1 is 0.722 bits per heavy atom. The van der Waals surface area contributed by atoms with Gasteiger partial charge in [-0.1, -0.05) is 48.5 Å². The van der Waals surface area contributed by atoms with Gasteiger partial charge in [-0.15, -0.1) is 5.10 Å². The summed E-state index contributed by atoms with van der Waals surface area (Å²) in [4.78, 5) is 0. The van der Waals surface area contributed by atoms with Gasteiger partial charge in [0.2, 0.25) is 0 Å². The van der Waals surface area contributed by atoms with Gasteiger partial charge in [0.25, 0.3) is 0 Å². The van der Waals surface area contributed by atoms with Gasteiger partial charge in [-0.2, -0.15) is 5.10 Å². The summed E-state index contributed by atoms with van der Waals surface area (Å²) < 4.78 is 0. The quantitative estimate of drug-likeness (QED) is 0.458. The Balaban J connectivity index is 2.36. The van der Waals surface area contributed by atoms with E-state index in [4.69, 9.17) is 0 Å². The van der Waals surface area contributed by atoms with E-state index in [0.717, 1.165) is 16.6 Å². The van der Waals surface area contributed by atoms with Crippen molar-refractivity contribution in [2.75, 3.05) is 0 Å². The van der Waals surface area contributed by atoms with Gasteiger partial charge in [0.15, 0.2) is 0 Å². The third-order valence-corrected chi connectivity index (χ3v) is 3.38. The highest BCUT2D eigenvalue weighted by atomic mass is 15.1. The monoisotopic (exact) mass is 230 g/mol. The maximum atomic E-state index is 4.29. The lowest BCUT2D eigenvalue weighted by molar-refractivity contribution is 1.11. The summed E-state index contributed by atoms with van der Waals surface area (Å²) in [6.45, 7) is 0. The highest BCUT2D eigenvalue weighted by molar-refractivity contribution is 6.07. The predicted molar refractivity (Wildman–Crippen MR) is 73.7 cm³/mol. The van der Waals surface area contributed by atoms with Crippen molar-refractivity contribution < 1.29 is 0 Å². The number of nitrogens with zero attached hydrogens (tertiary/aromatic N) is 2. The Labute approximate surface area is 104 Å². The molecule has 0 atom stereocenters. The molecule has 1 heterocycles. The van der Waals surface area contributed by atoms with Crippen molar-refractivity contribution in [2.45, 2.75) is 0 Å². The third kappa shape index (κ3) is 1.23. The zero-order valence-electron chi connectivity index (χ0n) is 9.67. The maximum Gasteiger partial charge on any atom is 0.103 e. The van der Waals surface area contributed by atoms with Crippen LogP contribution in [-0.2, 0) is 0 Å². The molecule has 0 saturated heterocycles. The van der Waals surface area contributed by atoms with E-state index in [1.165, 1.54) is 16.2 Å². The fraction of sp³-hybridized carbons (Fsp3) is 0. The molecule has 0 fully saturated rings. The molecule has 18 heavy (non-hydrogen) atoms. The van der Waals surface area contributed by atoms with Crippen molar-refractivity contribution in [2.24, 2.45) is 0 Å². The standard InChI is InChI=1S/C16H10N2/c1-3-7-13-11(5-1)9-12-6-2-4-8-14(12)16-15(13)10-17-18-16/h1-10H. The molecule has 0 spiro atoms. The number of fused-ring (bicyclic) bond motifs is 5. The molecule has 0 saturated carbocycles. The first-order chi connectivity index (χ1) is 8.93. The Kier molecular flexibility index (Phi) is 1.86. The first kappa shape index (κ1) is 9.54. The van der Waals surface area contributed by atoms with Gasteiger partial charge in [0, 0.05) is 10.9 Å². The van der Waals surface area contributed by atoms with Crippen LogP contribution in [0.4, 0.5) is 0 Å². The minimum atomic E-state index is 0.979. The fourth-order valence-electron chi connectivity index (χ4n) is 2.53. The van der Waals surface area contributed by atoms with Crippen LogP contribution in [0.2, 0.25) is 0 Å². The molecule has 2 heteroatoms. The van der Waals surface area contributed by atoms with Crippen LogP contribution in [0.25, 0.3) is 32.8 Å². The van der Waals surface area contributed by atoms with Crippen molar-refractivity contribution in [3.05, 3.63) is 60.8 Å². The highest BCUT2D eigenvalue weighted by Crippen LogP contribution is 2.33. The van der Waals surface area contributed by atoms with Crippen LogP contribution in [0.1, 0.15) is 0 Å². The van der Waals surface area contributed by atoms with Crippen LogP contribution in [0.3, 0.4) is 0 Å². The van der Waals surface area contributed by atoms with Crippen molar-refractivity contribution in [1.82, 2.24) is 10.2 Å². The molecule has 2 nitrogen and oxygen atoms in total. The van der Waals surface area contributed by atoms with Crippen molar-refractivity contribution >= 4 is 21.5 Å². The number of hydrogen-bond acceptors (Lipinski definition) is 2. The maximum absolute atomic E-state index is 4.29. The largest absolute Gasteiger partial charge is 0.158 e. The minimum Gasteiger partial charge on any atom is -0.158 e. The zero-order valence-corrected chi connectivity index (χ0v) is 9.67. The van der Waals surface area contributed by atoms with Crippen molar-refractivity contribution in [3.63, 3.8) is 0 Å². The summed E-state index contributed by atoms with van der Waals surface area (Å²) in [5, 5.41) is 13.1. The van der Waals surface area contributed by atoms with E-state index in [1.807, 2.05) is 12.3 Å². The number of hydrogen-bond donors (Lipinski definition) is 0. The first-order valence-corrected chi connectivity index (χ1v) is 5.95. The molecule has 2 aromatic carbocycles. The molecule has 0 aromatic heterocycles. The molecule has 2 aromatic rings. The van der Waals surface area contributed by atoms with E-state index in [1.54, 1.807) is 0 Å². The van der Waals surface area contributed by atoms with Crippen LogP contribution in [0, 0.1) is 0 Å². The summed E-state index contributed by atoms with van der Waals surface area (Å²) in [6, 6.07) is 18.9. The number of benzene rings is 2. The van der Waals surface area contributed by atoms with Crippen LogP contribution < -0.4 is 0 Å². The zero-order chi connectivity index (χ0) is 11.9. The average Bonchev–Trinajstić information content (AvgIpc) is 2.84. The van der Waals surface area contributed by atoms with Gasteiger partial charge in [-0.05, 0) is 22.2 Å². The van der Waals surface area contributed by atoms with E-state index in [0.29, 0.717) is 0 Å². The summed E-state index contributed by atoms with van der Waals surface area (Å²) in [5.41, 5.74) is 2.10. The highest BCUT2D eigenvalue weighted by Gasteiger charge is 2.11. The Morgan fingerprint density at radius 3 is 2.22 bits per heavy atom. The lowest BCUT2D eigenvalue weighted by Gasteiger charge is -1.96. The fourth-order valence-corrected chi connectivity index (χ4v) is 2.53. The second-order valence-corrected chi connectivity index (χ2v) is 4.43. The molecule has 0 radical (unpaired) electrons. The van der Waals surface area contributed by atoms with Gasteiger partial charge in [0.05, 0.1) is 6.20 Å². The molecule has 0 amide bonds. The van der Waals surface area contributed by atoms with Crippen LogP contribution >= 0.6 is 0 Å². The SMILES string of the molecule is c1ccc2c3cnnc-3c3ccccc3cc2c1. The molecule has 0 N–H and O–H groups in total. The second-order valence-electron chi connectivity index (χ2n) is 4.43. The molecule has 0 unspecified atom stereocenters. The molecule has 1 aliphatic heterocycles. The van der Waals surface area contributed by atoms with Crippen molar-refractivity contribution in [1.29, 1.82) is 0 Å². The molecular formula is C16H10N2. The van der Waals surface area contributed by atoms with E-state index >= 15 is 0 Å². The van der Waals surface area contributed by atoms with E-state index in [2.05, 4.69) is 58.7 Å². The molecule has 2 aliphatic rings. The normalized spacial score (nSPS) is 11.3. The summed E-state index contributed by atoms with van der Waals surface area (Å²) in [7, 11) is 0. The minimum absolute atomic E-state index is 0.979. The summed E-state index contributed by atoms with van der Waals surface area (Å²) in [5.74, 6) is 0. The molecular weight excluding hydrogens is 220 g/mol. The Bertz CT molecular complexity index is 769. The van der Waals surface area contributed by atoms with E-state index < -0.39 is 0 Å².